The van der Waals surface area contributed by atoms with Crippen molar-refractivity contribution in [2.75, 3.05) is 5.32 Å². The first-order chi connectivity index (χ1) is 12.2. The van der Waals surface area contributed by atoms with Crippen molar-refractivity contribution >= 4 is 32.6 Å². The summed E-state index contributed by atoms with van der Waals surface area (Å²) in [6.07, 6.45) is 1.75. The van der Waals surface area contributed by atoms with Crippen LogP contribution in [0.5, 0.6) is 5.75 Å². The molecule has 2 aromatic carbocycles. The second kappa shape index (κ2) is 6.89. The molecule has 1 heterocycles. The number of fused-ring (bicyclic) bond motifs is 1. The highest BCUT2D eigenvalue weighted by Crippen LogP contribution is 2.28. The largest absolute Gasteiger partial charge is 0.489 e. The highest BCUT2D eigenvalue weighted by atomic mass is 32.2. The number of primary sulfonamides is 1. The second-order valence-corrected chi connectivity index (χ2v) is 7.82. The molecule has 0 radical (unpaired) electrons. The van der Waals surface area contributed by atoms with E-state index in [1.807, 2.05) is 32.9 Å². The normalized spacial score (nSPS) is 11.7. The molecule has 0 amide bonds. The molecule has 7 nitrogen and oxygen atoms in total. The molecule has 0 saturated carbocycles. The predicted molar refractivity (Wildman–Crippen MR) is 101 cm³/mol. The number of ether oxygens (including phenoxy) is 1. The van der Waals surface area contributed by atoms with Gasteiger partial charge >= 0.3 is 0 Å². The monoisotopic (exact) mass is 372 g/mol. The maximum absolute atomic E-state index is 11.3. The molecule has 3 rings (SSSR count). The second-order valence-electron chi connectivity index (χ2n) is 6.26. The number of anilines is 2. The summed E-state index contributed by atoms with van der Waals surface area (Å²) in [6, 6.07) is 10.00. The molecule has 0 spiro atoms. The molecule has 0 aliphatic heterocycles. The summed E-state index contributed by atoms with van der Waals surface area (Å²) >= 11 is 0. The Hall–Kier alpha value is -2.71. The van der Waals surface area contributed by atoms with Crippen molar-refractivity contribution in [1.29, 1.82) is 0 Å². The third kappa shape index (κ3) is 4.09. The molecular weight excluding hydrogens is 352 g/mol. The van der Waals surface area contributed by atoms with Crippen LogP contribution in [0.15, 0.2) is 47.5 Å². The number of nitrogens with one attached hydrogen (secondary N) is 1. The molecule has 136 valence electrons. The molecule has 0 atom stereocenters. The standard InChI is InChI=1S/C18H20N4O3S/c1-11(2)25-16-9-12(3)8-13-10-20-18(22-17(13)16)21-14-4-6-15(7-5-14)26(19,23)24/h4-11H,1-3H3,(H2,19,23,24)(H,20,21,22). The van der Waals surface area contributed by atoms with Crippen molar-refractivity contribution in [3.05, 3.63) is 48.2 Å². The Kier molecular flexibility index (Phi) is 4.80. The number of hydrogen-bond donors (Lipinski definition) is 2. The summed E-state index contributed by atoms with van der Waals surface area (Å²) in [4.78, 5) is 8.91. The zero-order chi connectivity index (χ0) is 18.9. The van der Waals surface area contributed by atoms with E-state index in [1.165, 1.54) is 12.1 Å². The Bertz CT molecular complexity index is 1050. The SMILES string of the molecule is Cc1cc(OC(C)C)c2nc(Nc3ccc(S(N)(=O)=O)cc3)ncc2c1. The molecule has 8 heteroatoms. The maximum Gasteiger partial charge on any atom is 0.238 e. The van der Waals surface area contributed by atoms with Gasteiger partial charge in [-0.3, -0.25) is 0 Å². The van der Waals surface area contributed by atoms with Crippen LogP contribution in [0.4, 0.5) is 11.6 Å². The van der Waals surface area contributed by atoms with E-state index >= 15 is 0 Å². The van der Waals surface area contributed by atoms with Crippen molar-refractivity contribution in [2.24, 2.45) is 5.14 Å². The van der Waals surface area contributed by atoms with E-state index in [2.05, 4.69) is 15.3 Å². The van der Waals surface area contributed by atoms with Crippen LogP contribution in [0.3, 0.4) is 0 Å². The van der Waals surface area contributed by atoms with E-state index in [1.54, 1.807) is 18.3 Å². The van der Waals surface area contributed by atoms with Crippen molar-refractivity contribution in [3.63, 3.8) is 0 Å². The molecule has 3 aromatic rings. The summed E-state index contributed by atoms with van der Waals surface area (Å²) in [5.41, 5.74) is 2.43. The molecule has 0 bridgehead atoms. The van der Waals surface area contributed by atoms with Crippen molar-refractivity contribution < 1.29 is 13.2 Å². The Morgan fingerprint density at radius 3 is 2.46 bits per heavy atom. The molecule has 1 aromatic heterocycles. The van der Waals surface area contributed by atoms with Gasteiger partial charge in [0.05, 0.1) is 11.0 Å². The van der Waals surface area contributed by atoms with Gasteiger partial charge in [-0.15, -0.1) is 0 Å². The topological polar surface area (TPSA) is 107 Å². The van der Waals surface area contributed by atoms with Gasteiger partial charge < -0.3 is 10.1 Å². The minimum Gasteiger partial charge on any atom is -0.489 e. The predicted octanol–water partition coefficient (Wildman–Crippen LogP) is 3.12. The smallest absolute Gasteiger partial charge is 0.238 e. The first-order valence-electron chi connectivity index (χ1n) is 8.06. The molecular formula is C18H20N4O3S. The van der Waals surface area contributed by atoms with Crippen molar-refractivity contribution in [2.45, 2.75) is 31.8 Å². The van der Waals surface area contributed by atoms with Crippen LogP contribution in [-0.2, 0) is 10.0 Å². The van der Waals surface area contributed by atoms with Gasteiger partial charge in [0.25, 0.3) is 0 Å². The Balaban J connectivity index is 1.94. The summed E-state index contributed by atoms with van der Waals surface area (Å²) < 4.78 is 28.5. The quantitative estimate of drug-likeness (QED) is 0.712. The zero-order valence-electron chi connectivity index (χ0n) is 14.7. The molecule has 0 aliphatic rings. The number of sulfonamides is 1. The minimum absolute atomic E-state index is 0.0251. The van der Waals surface area contributed by atoms with Crippen LogP contribution in [0.2, 0.25) is 0 Å². The first-order valence-corrected chi connectivity index (χ1v) is 9.61. The lowest BCUT2D eigenvalue weighted by Gasteiger charge is -2.13. The van der Waals surface area contributed by atoms with E-state index in [0.717, 1.165) is 10.9 Å². The average Bonchev–Trinajstić information content (AvgIpc) is 2.54. The highest BCUT2D eigenvalue weighted by Gasteiger charge is 2.10. The van der Waals surface area contributed by atoms with Crippen LogP contribution in [0, 0.1) is 6.92 Å². The lowest BCUT2D eigenvalue weighted by Crippen LogP contribution is -2.11. The maximum atomic E-state index is 11.3. The van der Waals surface area contributed by atoms with E-state index in [0.29, 0.717) is 22.9 Å². The third-order valence-electron chi connectivity index (χ3n) is 3.59. The Morgan fingerprint density at radius 2 is 1.85 bits per heavy atom. The lowest BCUT2D eigenvalue weighted by atomic mass is 10.1. The van der Waals surface area contributed by atoms with E-state index in [-0.39, 0.29) is 11.0 Å². The zero-order valence-corrected chi connectivity index (χ0v) is 15.5. The minimum atomic E-state index is -3.72. The van der Waals surface area contributed by atoms with Gasteiger partial charge in [-0.1, -0.05) is 0 Å². The van der Waals surface area contributed by atoms with Crippen LogP contribution >= 0.6 is 0 Å². The molecule has 0 saturated heterocycles. The van der Waals surface area contributed by atoms with Gasteiger partial charge in [0.1, 0.15) is 11.3 Å². The van der Waals surface area contributed by atoms with E-state index in [4.69, 9.17) is 9.88 Å². The van der Waals surface area contributed by atoms with Gasteiger partial charge in [-0.05, 0) is 62.7 Å². The fourth-order valence-corrected chi connectivity index (χ4v) is 3.03. The number of nitrogens with two attached hydrogens (primary N) is 1. The molecule has 0 unspecified atom stereocenters. The fraction of sp³-hybridized carbons (Fsp3) is 0.222. The van der Waals surface area contributed by atoms with E-state index in [9.17, 15) is 8.42 Å². The summed E-state index contributed by atoms with van der Waals surface area (Å²) in [7, 11) is -3.72. The number of nitrogens with zero attached hydrogens (tertiary/aromatic N) is 2. The number of aromatic nitrogens is 2. The Morgan fingerprint density at radius 1 is 1.15 bits per heavy atom. The Labute approximate surface area is 152 Å². The summed E-state index contributed by atoms with van der Waals surface area (Å²) in [6.45, 7) is 5.91. The number of aryl methyl sites for hydroxylation is 1. The van der Waals surface area contributed by atoms with Crippen LogP contribution in [0.1, 0.15) is 19.4 Å². The summed E-state index contributed by atoms with van der Waals surface area (Å²) in [5.74, 6) is 1.09. The van der Waals surface area contributed by atoms with E-state index < -0.39 is 10.0 Å². The van der Waals surface area contributed by atoms with Gasteiger partial charge in [0.2, 0.25) is 16.0 Å². The first kappa shape index (κ1) is 18.1. The van der Waals surface area contributed by atoms with Gasteiger partial charge in [0.15, 0.2) is 0 Å². The molecule has 3 N–H and O–H groups in total. The van der Waals surface area contributed by atoms with Crippen LogP contribution in [0.25, 0.3) is 10.9 Å². The third-order valence-corrected chi connectivity index (χ3v) is 4.52. The summed E-state index contributed by atoms with van der Waals surface area (Å²) in [5, 5.41) is 9.04. The van der Waals surface area contributed by atoms with Gasteiger partial charge in [0, 0.05) is 17.3 Å². The van der Waals surface area contributed by atoms with Crippen molar-refractivity contribution in [1.82, 2.24) is 9.97 Å². The van der Waals surface area contributed by atoms with Crippen LogP contribution in [-0.4, -0.2) is 24.5 Å². The van der Waals surface area contributed by atoms with Crippen molar-refractivity contribution in [3.8, 4) is 5.75 Å². The molecule has 26 heavy (non-hydrogen) atoms. The number of benzene rings is 2. The lowest BCUT2D eigenvalue weighted by molar-refractivity contribution is 0.245. The molecule has 0 fully saturated rings. The highest BCUT2D eigenvalue weighted by molar-refractivity contribution is 7.89. The fourth-order valence-electron chi connectivity index (χ4n) is 2.52. The number of rotatable bonds is 5. The van der Waals surface area contributed by atoms with Gasteiger partial charge in [-0.25, -0.2) is 23.5 Å². The molecule has 0 aliphatic carbocycles. The van der Waals surface area contributed by atoms with Gasteiger partial charge in [-0.2, -0.15) is 0 Å². The average molecular weight is 372 g/mol. The van der Waals surface area contributed by atoms with Crippen LogP contribution < -0.4 is 15.2 Å². The number of hydrogen-bond acceptors (Lipinski definition) is 6.